The van der Waals surface area contributed by atoms with Gasteiger partial charge in [0.05, 0.1) is 17.2 Å². The van der Waals surface area contributed by atoms with Crippen LogP contribution in [0.25, 0.3) is 0 Å². The van der Waals surface area contributed by atoms with E-state index in [2.05, 4.69) is 20.5 Å². The zero-order valence-corrected chi connectivity index (χ0v) is 15.5. The van der Waals surface area contributed by atoms with Crippen LogP contribution in [0.1, 0.15) is 43.9 Å². The number of aromatic nitrogens is 4. The van der Waals surface area contributed by atoms with Crippen molar-refractivity contribution in [2.45, 2.75) is 25.4 Å². The van der Waals surface area contributed by atoms with Crippen molar-refractivity contribution < 1.29 is 9.59 Å². The molecular formula is C18H20N6O2S. The summed E-state index contributed by atoms with van der Waals surface area (Å²) in [6.45, 7) is 1.93. The number of hydrogen-bond donors (Lipinski definition) is 2. The van der Waals surface area contributed by atoms with Crippen LogP contribution in [-0.2, 0) is 6.54 Å². The molecule has 3 aromatic heterocycles. The predicted molar refractivity (Wildman–Crippen MR) is 100 cm³/mol. The van der Waals surface area contributed by atoms with Gasteiger partial charge in [0.2, 0.25) is 0 Å². The number of carbonyl (C=O) groups excluding carboxylic acids is 2. The highest BCUT2D eigenvalue weighted by atomic mass is 32.1. The number of nitrogens with one attached hydrogen (secondary N) is 2. The molecular weight excluding hydrogens is 364 g/mol. The third-order valence-electron chi connectivity index (χ3n) is 4.64. The van der Waals surface area contributed by atoms with E-state index in [0.717, 1.165) is 17.7 Å². The van der Waals surface area contributed by atoms with Crippen LogP contribution in [0.5, 0.6) is 0 Å². The molecule has 4 heterocycles. The molecule has 0 aliphatic carbocycles. The van der Waals surface area contributed by atoms with E-state index in [1.54, 1.807) is 24.8 Å². The Morgan fingerprint density at radius 2 is 2.22 bits per heavy atom. The molecule has 1 atom stereocenters. The van der Waals surface area contributed by atoms with E-state index in [-0.39, 0.29) is 17.9 Å². The highest BCUT2D eigenvalue weighted by molar-refractivity contribution is 7.14. The van der Waals surface area contributed by atoms with E-state index >= 15 is 0 Å². The Morgan fingerprint density at radius 3 is 3.00 bits per heavy atom. The largest absolute Gasteiger partial charge is 0.350 e. The third-order valence-corrected chi connectivity index (χ3v) is 5.82. The van der Waals surface area contributed by atoms with Crippen LogP contribution in [0.15, 0.2) is 43.1 Å². The molecule has 0 spiro atoms. The molecule has 3 aromatic rings. The first kappa shape index (κ1) is 17.5. The Morgan fingerprint density at radius 1 is 1.30 bits per heavy atom. The number of carbonyl (C=O) groups is 2. The summed E-state index contributed by atoms with van der Waals surface area (Å²) in [4.78, 5) is 32.6. The first-order valence-corrected chi connectivity index (χ1v) is 9.68. The molecule has 9 heteroatoms. The monoisotopic (exact) mass is 384 g/mol. The molecule has 8 nitrogen and oxygen atoms in total. The molecule has 0 radical (unpaired) electrons. The smallest absolute Gasteiger partial charge is 0.272 e. The van der Waals surface area contributed by atoms with Crippen LogP contribution in [0, 0.1) is 0 Å². The molecule has 1 aliphatic rings. The van der Waals surface area contributed by atoms with Crippen molar-refractivity contribution >= 4 is 23.2 Å². The maximum absolute atomic E-state index is 12.7. The van der Waals surface area contributed by atoms with Crippen LogP contribution in [-0.4, -0.2) is 49.6 Å². The number of H-pyrrole nitrogens is 1. The van der Waals surface area contributed by atoms with Crippen molar-refractivity contribution in [2.24, 2.45) is 0 Å². The van der Waals surface area contributed by atoms with E-state index < -0.39 is 0 Å². The number of likely N-dealkylation sites (tertiary alicyclic amines) is 1. The Bertz CT molecular complexity index is 902. The first-order valence-electron chi connectivity index (χ1n) is 8.86. The number of amides is 2. The fraction of sp³-hybridized carbons (Fsp3) is 0.333. The molecule has 1 fully saturated rings. The van der Waals surface area contributed by atoms with Gasteiger partial charge in [0.15, 0.2) is 0 Å². The van der Waals surface area contributed by atoms with Crippen LogP contribution in [0.4, 0.5) is 0 Å². The maximum Gasteiger partial charge on any atom is 0.272 e. The second-order valence-corrected chi connectivity index (χ2v) is 7.50. The van der Waals surface area contributed by atoms with Crippen molar-refractivity contribution in [1.29, 1.82) is 0 Å². The molecule has 0 saturated carbocycles. The molecule has 1 saturated heterocycles. The van der Waals surface area contributed by atoms with E-state index in [1.165, 1.54) is 11.3 Å². The van der Waals surface area contributed by atoms with Crippen LogP contribution in [0.2, 0.25) is 0 Å². The standard InChI is InChI=1S/C18H20N6O2S/c25-17(20-8-11-23-10-7-19-12-23)16-4-3-15(27-16)14-2-1-9-24(14)18(26)13-5-6-21-22-13/h3-7,10,12,14H,1-2,8-9,11H2,(H,20,25)(H,21,22). The fourth-order valence-corrected chi connectivity index (χ4v) is 4.37. The molecule has 0 aromatic carbocycles. The summed E-state index contributed by atoms with van der Waals surface area (Å²) >= 11 is 1.45. The minimum absolute atomic E-state index is 0.0123. The van der Waals surface area contributed by atoms with Crippen molar-refractivity contribution in [2.75, 3.05) is 13.1 Å². The minimum Gasteiger partial charge on any atom is -0.350 e. The Kier molecular flexibility index (Phi) is 5.01. The summed E-state index contributed by atoms with van der Waals surface area (Å²) in [7, 11) is 0. The number of rotatable bonds is 6. The normalized spacial score (nSPS) is 16.6. The molecule has 2 N–H and O–H groups in total. The van der Waals surface area contributed by atoms with Gasteiger partial charge in [0.25, 0.3) is 11.8 Å². The van der Waals surface area contributed by atoms with Crippen molar-refractivity contribution in [3.63, 3.8) is 0 Å². The number of imidazole rings is 1. The Balaban J connectivity index is 1.39. The topological polar surface area (TPSA) is 95.9 Å². The fourth-order valence-electron chi connectivity index (χ4n) is 3.29. The zero-order chi connectivity index (χ0) is 18.6. The van der Waals surface area contributed by atoms with E-state index in [4.69, 9.17) is 0 Å². The molecule has 140 valence electrons. The van der Waals surface area contributed by atoms with E-state index in [9.17, 15) is 9.59 Å². The molecule has 0 bridgehead atoms. The van der Waals surface area contributed by atoms with Crippen LogP contribution < -0.4 is 5.32 Å². The van der Waals surface area contributed by atoms with Gasteiger partial charge in [-0.1, -0.05) is 0 Å². The Labute approximate surface area is 160 Å². The summed E-state index contributed by atoms with van der Waals surface area (Å²) < 4.78 is 1.91. The summed E-state index contributed by atoms with van der Waals surface area (Å²) in [5.74, 6) is -0.134. The number of thiophene rings is 1. The quantitative estimate of drug-likeness (QED) is 0.680. The summed E-state index contributed by atoms with van der Waals surface area (Å²) in [5, 5.41) is 9.52. The van der Waals surface area contributed by atoms with Gasteiger partial charge >= 0.3 is 0 Å². The summed E-state index contributed by atoms with van der Waals surface area (Å²) in [6.07, 6.45) is 8.74. The predicted octanol–water partition coefficient (Wildman–Crippen LogP) is 2.07. The average molecular weight is 384 g/mol. The highest BCUT2D eigenvalue weighted by Crippen LogP contribution is 2.36. The number of hydrogen-bond acceptors (Lipinski definition) is 5. The van der Waals surface area contributed by atoms with Gasteiger partial charge in [-0.15, -0.1) is 11.3 Å². The SMILES string of the molecule is O=C(NCCn1ccnc1)c1ccc(C2CCCN2C(=O)c2ccn[nH]2)s1. The van der Waals surface area contributed by atoms with Gasteiger partial charge in [0, 0.05) is 43.1 Å². The van der Waals surface area contributed by atoms with Crippen molar-refractivity contribution in [1.82, 2.24) is 30.0 Å². The van der Waals surface area contributed by atoms with Gasteiger partial charge < -0.3 is 14.8 Å². The Hall–Kier alpha value is -2.94. The van der Waals surface area contributed by atoms with Gasteiger partial charge in [-0.25, -0.2) is 4.98 Å². The second-order valence-electron chi connectivity index (χ2n) is 6.39. The van der Waals surface area contributed by atoms with Gasteiger partial charge in [0.1, 0.15) is 5.69 Å². The minimum atomic E-state index is -0.0872. The van der Waals surface area contributed by atoms with Gasteiger partial charge in [-0.2, -0.15) is 5.10 Å². The lowest BCUT2D eigenvalue weighted by Gasteiger charge is -2.23. The number of nitrogens with zero attached hydrogens (tertiary/aromatic N) is 4. The van der Waals surface area contributed by atoms with Crippen molar-refractivity contribution in [3.8, 4) is 0 Å². The summed E-state index contributed by atoms with van der Waals surface area (Å²) in [5.41, 5.74) is 0.496. The van der Waals surface area contributed by atoms with Gasteiger partial charge in [-0.3, -0.25) is 14.7 Å². The molecule has 27 heavy (non-hydrogen) atoms. The molecule has 1 aliphatic heterocycles. The lowest BCUT2D eigenvalue weighted by molar-refractivity contribution is 0.0731. The second kappa shape index (κ2) is 7.75. The average Bonchev–Trinajstić information content (AvgIpc) is 3.49. The van der Waals surface area contributed by atoms with Crippen LogP contribution in [0.3, 0.4) is 0 Å². The van der Waals surface area contributed by atoms with E-state index in [1.807, 2.05) is 27.8 Å². The zero-order valence-electron chi connectivity index (χ0n) is 14.7. The van der Waals surface area contributed by atoms with E-state index in [0.29, 0.717) is 30.2 Å². The summed E-state index contributed by atoms with van der Waals surface area (Å²) in [6, 6.07) is 5.49. The van der Waals surface area contributed by atoms with Crippen molar-refractivity contribution in [3.05, 3.63) is 58.6 Å². The third kappa shape index (κ3) is 3.77. The van der Waals surface area contributed by atoms with Gasteiger partial charge in [-0.05, 0) is 31.0 Å². The number of aromatic amines is 1. The highest BCUT2D eigenvalue weighted by Gasteiger charge is 2.32. The lowest BCUT2D eigenvalue weighted by atomic mass is 10.2. The molecule has 2 amide bonds. The molecule has 1 unspecified atom stereocenters. The first-order chi connectivity index (χ1) is 13.2. The van der Waals surface area contributed by atoms with Crippen LogP contribution >= 0.6 is 11.3 Å². The lowest BCUT2D eigenvalue weighted by Crippen LogP contribution is -2.30. The maximum atomic E-state index is 12.7. The molecule has 4 rings (SSSR count).